The fourth-order valence-electron chi connectivity index (χ4n) is 3.96. The van der Waals surface area contributed by atoms with Crippen molar-refractivity contribution in [2.24, 2.45) is 4.99 Å². The van der Waals surface area contributed by atoms with Gasteiger partial charge in [-0.15, -0.1) is 0 Å². The first-order valence-electron chi connectivity index (χ1n) is 11.0. The Morgan fingerprint density at radius 1 is 1.17 bits per heavy atom. The van der Waals surface area contributed by atoms with E-state index < -0.39 is 0 Å². The molecule has 1 atom stereocenters. The molecule has 6 nitrogen and oxygen atoms in total. The SMILES string of the molecule is C=CC(=NC)OC1CCCN(C(=C2CCC2)c2ccccc2-n2nccn2)C1.CC. The number of nitrogens with zero attached hydrogens (tertiary/aromatic N) is 5. The smallest absolute Gasteiger partial charge is 0.207 e. The zero-order valence-electron chi connectivity index (χ0n) is 18.4. The van der Waals surface area contributed by atoms with Crippen molar-refractivity contribution in [3.8, 4) is 5.69 Å². The molecule has 2 aliphatic rings. The number of hydrogen-bond donors (Lipinski definition) is 0. The molecule has 0 amide bonds. The lowest BCUT2D eigenvalue weighted by Gasteiger charge is -2.39. The molecule has 0 N–H and O–H groups in total. The summed E-state index contributed by atoms with van der Waals surface area (Å²) in [5.74, 6) is 0.617. The Morgan fingerprint density at radius 2 is 1.90 bits per heavy atom. The van der Waals surface area contributed by atoms with Gasteiger partial charge in [-0.25, -0.2) is 0 Å². The summed E-state index contributed by atoms with van der Waals surface area (Å²) in [4.78, 5) is 8.37. The lowest BCUT2D eigenvalue weighted by Crippen LogP contribution is -2.40. The van der Waals surface area contributed by atoms with Crippen LogP contribution in [-0.2, 0) is 4.74 Å². The normalized spacial score (nSPS) is 18.8. The van der Waals surface area contributed by atoms with Crippen LogP contribution in [0.4, 0.5) is 0 Å². The molecule has 2 fully saturated rings. The lowest BCUT2D eigenvalue weighted by molar-refractivity contribution is 0.110. The second kappa shape index (κ2) is 10.8. The van der Waals surface area contributed by atoms with E-state index in [0.717, 1.165) is 44.5 Å². The van der Waals surface area contributed by atoms with E-state index in [1.165, 1.54) is 23.3 Å². The Labute approximate surface area is 180 Å². The van der Waals surface area contributed by atoms with E-state index in [4.69, 9.17) is 4.74 Å². The van der Waals surface area contributed by atoms with E-state index in [-0.39, 0.29) is 6.10 Å². The summed E-state index contributed by atoms with van der Waals surface area (Å²) < 4.78 is 6.08. The quantitative estimate of drug-likeness (QED) is 0.523. The van der Waals surface area contributed by atoms with Gasteiger partial charge in [0.05, 0.1) is 24.6 Å². The van der Waals surface area contributed by atoms with Gasteiger partial charge in [-0.2, -0.15) is 15.0 Å². The highest BCUT2D eigenvalue weighted by Gasteiger charge is 2.29. The second-order valence-corrected chi connectivity index (χ2v) is 7.24. The van der Waals surface area contributed by atoms with Crippen LogP contribution in [0.3, 0.4) is 0 Å². The lowest BCUT2D eigenvalue weighted by atomic mass is 9.86. The minimum atomic E-state index is 0.121. The van der Waals surface area contributed by atoms with Gasteiger partial charge in [-0.3, -0.25) is 4.99 Å². The molecule has 0 bridgehead atoms. The molecule has 2 aromatic rings. The topological polar surface area (TPSA) is 55.5 Å². The van der Waals surface area contributed by atoms with Crippen LogP contribution < -0.4 is 0 Å². The molecule has 160 valence electrons. The van der Waals surface area contributed by atoms with Crippen LogP contribution in [0.15, 0.2) is 59.9 Å². The first kappa shape index (κ1) is 21.8. The van der Waals surface area contributed by atoms with Gasteiger partial charge in [0.1, 0.15) is 6.10 Å². The zero-order valence-corrected chi connectivity index (χ0v) is 18.4. The largest absolute Gasteiger partial charge is 0.473 e. The molecule has 1 aromatic carbocycles. The Morgan fingerprint density at radius 3 is 2.53 bits per heavy atom. The number of benzene rings is 1. The highest BCUT2D eigenvalue weighted by Crippen LogP contribution is 2.38. The molecular formula is C24H33N5O. The summed E-state index contributed by atoms with van der Waals surface area (Å²) in [7, 11) is 1.74. The van der Waals surface area contributed by atoms with E-state index >= 15 is 0 Å². The van der Waals surface area contributed by atoms with Crippen LogP contribution in [0.5, 0.6) is 0 Å². The van der Waals surface area contributed by atoms with Gasteiger partial charge < -0.3 is 9.64 Å². The van der Waals surface area contributed by atoms with E-state index in [2.05, 4.69) is 44.9 Å². The van der Waals surface area contributed by atoms with Crippen molar-refractivity contribution < 1.29 is 4.74 Å². The average Bonchev–Trinajstić information content (AvgIpc) is 3.31. The number of para-hydroxylation sites is 1. The molecule has 1 saturated heterocycles. The standard InChI is InChI=1S/C22H27N5O.C2H6/c1-3-21(23-2)28-18-10-7-15-26(16-18)22(17-8-6-9-17)19-11-4-5-12-20(19)27-24-13-14-25-27;1-2/h3-5,11-14,18H,1,6-10,15-16H2,2H3;1-2H3. The highest BCUT2D eigenvalue weighted by atomic mass is 16.5. The summed E-state index contributed by atoms with van der Waals surface area (Å²) in [6.45, 7) is 9.68. The van der Waals surface area contributed by atoms with Crippen LogP contribution in [0.1, 0.15) is 51.5 Å². The zero-order chi connectivity index (χ0) is 21.3. The summed E-state index contributed by atoms with van der Waals surface area (Å²) in [5.41, 5.74) is 5.07. The molecule has 2 heterocycles. The van der Waals surface area contributed by atoms with Crippen molar-refractivity contribution in [1.29, 1.82) is 0 Å². The summed E-state index contributed by atoms with van der Waals surface area (Å²) in [6, 6.07) is 8.42. The fourth-order valence-corrected chi connectivity index (χ4v) is 3.96. The molecule has 30 heavy (non-hydrogen) atoms. The summed E-state index contributed by atoms with van der Waals surface area (Å²) >= 11 is 0. The van der Waals surface area contributed by atoms with Gasteiger partial charge >= 0.3 is 0 Å². The molecule has 0 spiro atoms. The van der Waals surface area contributed by atoms with Crippen molar-refractivity contribution >= 4 is 11.6 Å². The van der Waals surface area contributed by atoms with E-state index in [1.807, 2.05) is 19.9 Å². The minimum Gasteiger partial charge on any atom is -0.473 e. The fraction of sp³-hybridized carbons (Fsp3) is 0.458. The van der Waals surface area contributed by atoms with Crippen molar-refractivity contribution in [3.63, 3.8) is 0 Å². The number of allylic oxidation sites excluding steroid dienone is 1. The molecule has 6 heteroatoms. The third-order valence-electron chi connectivity index (χ3n) is 5.46. The van der Waals surface area contributed by atoms with Crippen molar-refractivity contribution in [3.05, 3.63) is 60.5 Å². The monoisotopic (exact) mass is 407 g/mol. The van der Waals surface area contributed by atoms with E-state index in [0.29, 0.717) is 5.90 Å². The van der Waals surface area contributed by atoms with Gasteiger partial charge in [-0.1, -0.05) is 38.6 Å². The van der Waals surface area contributed by atoms with Crippen molar-refractivity contribution in [2.75, 3.05) is 20.1 Å². The Kier molecular flexibility index (Phi) is 7.82. The maximum Gasteiger partial charge on any atom is 0.207 e. The van der Waals surface area contributed by atoms with Crippen LogP contribution in [0.2, 0.25) is 0 Å². The van der Waals surface area contributed by atoms with Crippen molar-refractivity contribution in [2.45, 2.75) is 52.1 Å². The number of aromatic nitrogens is 3. The molecule has 0 radical (unpaired) electrons. The molecule has 1 aromatic heterocycles. The minimum absolute atomic E-state index is 0.121. The number of ether oxygens (including phenoxy) is 1. The van der Waals surface area contributed by atoms with E-state index in [1.54, 1.807) is 30.3 Å². The van der Waals surface area contributed by atoms with Crippen LogP contribution in [0, 0.1) is 0 Å². The third kappa shape index (κ3) is 4.81. The maximum atomic E-state index is 6.08. The van der Waals surface area contributed by atoms with Gasteiger partial charge in [0.25, 0.3) is 0 Å². The van der Waals surface area contributed by atoms with E-state index in [9.17, 15) is 0 Å². The average molecular weight is 408 g/mol. The predicted molar refractivity (Wildman–Crippen MR) is 123 cm³/mol. The molecule has 1 aliphatic carbocycles. The number of piperidine rings is 1. The Balaban J connectivity index is 0.00000124. The molecular weight excluding hydrogens is 374 g/mol. The maximum absolute atomic E-state index is 6.08. The molecule has 4 rings (SSSR count). The second-order valence-electron chi connectivity index (χ2n) is 7.24. The Hall–Kier alpha value is -2.89. The third-order valence-corrected chi connectivity index (χ3v) is 5.46. The Bertz CT molecular complexity index is 879. The summed E-state index contributed by atoms with van der Waals surface area (Å²) in [5, 5.41) is 8.73. The summed E-state index contributed by atoms with van der Waals surface area (Å²) in [6.07, 6.45) is 11.0. The highest BCUT2D eigenvalue weighted by molar-refractivity contribution is 5.87. The first-order valence-corrected chi connectivity index (χ1v) is 11.0. The van der Waals surface area contributed by atoms with Gasteiger partial charge in [0, 0.05) is 24.9 Å². The number of hydrogen-bond acceptors (Lipinski definition) is 5. The van der Waals surface area contributed by atoms with Crippen LogP contribution >= 0.6 is 0 Å². The van der Waals surface area contributed by atoms with Gasteiger partial charge in [-0.05, 0) is 49.8 Å². The number of aliphatic imine (C=N–C) groups is 1. The van der Waals surface area contributed by atoms with Crippen LogP contribution in [0.25, 0.3) is 11.4 Å². The number of rotatable bonds is 5. The molecule has 1 aliphatic heterocycles. The number of likely N-dealkylation sites (tertiary alicyclic amines) is 1. The first-order chi connectivity index (χ1) is 14.8. The molecule has 1 unspecified atom stereocenters. The van der Waals surface area contributed by atoms with Crippen molar-refractivity contribution in [1.82, 2.24) is 19.9 Å². The molecule has 1 saturated carbocycles. The van der Waals surface area contributed by atoms with Crippen LogP contribution in [-0.4, -0.2) is 52.0 Å². The predicted octanol–water partition coefficient (Wildman–Crippen LogP) is 4.88. The van der Waals surface area contributed by atoms with Gasteiger partial charge in [0.15, 0.2) is 0 Å². The van der Waals surface area contributed by atoms with Gasteiger partial charge in [0.2, 0.25) is 5.90 Å².